The van der Waals surface area contributed by atoms with Crippen molar-refractivity contribution in [3.63, 3.8) is 0 Å². The van der Waals surface area contributed by atoms with E-state index in [0.29, 0.717) is 0 Å². The van der Waals surface area contributed by atoms with Crippen LogP contribution in [0, 0.1) is 10.1 Å². The number of non-ortho nitro benzene ring substituents is 1. The number of nitro groups is 1. The van der Waals surface area contributed by atoms with Crippen molar-refractivity contribution in [1.29, 1.82) is 0 Å². The van der Waals surface area contributed by atoms with Crippen LogP contribution in [0.1, 0.15) is 18.7 Å². The third-order valence-corrected chi connectivity index (χ3v) is 3.06. The molecule has 0 spiro atoms. The number of hydrogen-bond acceptors (Lipinski definition) is 3. The lowest BCUT2D eigenvalue weighted by atomic mass is 10.2. The molecule has 5 nitrogen and oxygen atoms in total. The van der Waals surface area contributed by atoms with Gasteiger partial charge in [-0.25, -0.2) is 0 Å². The van der Waals surface area contributed by atoms with E-state index in [0.717, 1.165) is 16.6 Å². The highest BCUT2D eigenvalue weighted by molar-refractivity contribution is 5.82. The first kappa shape index (κ1) is 11.6. The van der Waals surface area contributed by atoms with E-state index in [-0.39, 0.29) is 16.7 Å². The Hall–Kier alpha value is -1.88. The zero-order chi connectivity index (χ0) is 12.6. The first-order chi connectivity index (χ1) is 7.99. The molecule has 1 unspecified atom stereocenters. The van der Waals surface area contributed by atoms with Crippen molar-refractivity contribution in [2.45, 2.75) is 13.0 Å². The Morgan fingerprint density at radius 1 is 1.35 bits per heavy atom. The van der Waals surface area contributed by atoms with Gasteiger partial charge in [0.25, 0.3) is 5.69 Å². The normalized spacial score (nSPS) is 13.2. The fourth-order valence-electron chi connectivity index (χ4n) is 1.76. The van der Waals surface area contributed by atoms with E-state index >= 15 is 0 Å². The molecule has 1 N–H and O–H groups in total. The quantitative estimate of drug-likeness (QED) is 0.655. The number of aromatic nitrogens is 1. The number of nitrogens with zero attached hydrogens (tertiary/aromatic N) is 2. The zero-order valence-corrected chi connectivity index (χ0v) is 10.1. The third kappa shape index (κ3) is 2.14. The standard InChI is InChI=1S/C12H15N3O2/c1-8(14(2)3)12-7-9-6-10(15(16)17)4-5-11(9)13-12/h4-8,13H,1-3H3. The van der Waals surface area contributed by atoms with Crippen molar-refractivity contribution in [1.82, 2.24) is 9.88 Å². The Morgan fingerprint density at radius 3 is 2.65 bits per heavy atom. The maximum absolute atomic E-state index is 10.7. The third-order valence-electron chi connectivity index (χ3n) is 3.06. The Morgan fingerprint density at radius 2 is 2.06 bits per heavy atom. The van der Waals surface area contributed by atoms with E-state index in [1.54, 1.807) is 12.1 Å². The minimum absolute atomic E-state index is 0.126. The molecule has 0 saturated heterocycles. The van der Waals surface area contributed by atoms with Gasteiger partial charge in [-0.05, 0) is 33.2 Å². The molecule has 0 radical (unpaired) electrons. The van der Waals surface area contributed by atoms with Crippen LogP contribution in [-0.2, 0) is 0 Å². The smallest absolute Gasteiger partial charge is 0.270 e. The van der Waals surface area contributed by atoms with Crippen molar-refractivity contribution in [2.75, 3.05) is 14.1 Å². The van der Waals surface area contributed by atoms with Crippen LogP contribution in [0.5, 0.6) is 0 Å². The highest BCUT2D eigenvalue weighted by atomic mass is 16.6. The van der Waals surface area contributed by atoms with Gasteiger partial charge in [-0.3, -0.25) is 10.1 Å². The number of nitro benzene ring substituents is 1. The number of aromatic amines is 1. The lowest BCUT2D eigenvalue weighted by molar-refractivity contribution is -0.384. The van der Waals surface area contributed by atoms with Crippen molar-refractivity contribution in [2.24, 2.45) is 0 Å². The molecular weight excluding hydrogens is 218 g/mol. The summed E-state index contributed by atoms with van der Waals surface area (Å²) >= 11 is 0. The molecule has 1 atom stereocenters. The maximum Gasteiger partial charge on any atom is 0.270 e. The Bertz CT molecular complexity index is 560. The molecule has 0 bridgehead atoms. The van der Waals surface area contributed by atoms with Crippen molar-refractivity contribution in [3.05, 3.63) is 40.1 Å². The maximum atomic E-state index is 10.7. The van der Waals surface area contributed by atoms with Crippen molar-refractivity contribution < 1.29 is 4.92 Å². The van der Waals surface area contributed by atoms with Gasteiger partial charge in [0.2, 0.25) is 0 Å². The van der Waals surface area contributed by atoms with Gasteiger partial charge in [0.1, 0.15) is 0 Å². The SMILES string of the molecule is CC(c1cc2cc([N+](=O)[O-])ccc2[nH]1)N(C)C. The molecule has 2 aromatic rings. The monoisotopic (exact) mass is 233 g/mol. The molecule has 2 rings (SSSR count). The lowest BCUT2D eigenvalue weighted by Gasteiger charge is -2.17. The Kier molecular flexibility index (Phi) is 2.85. The fraction of sp³-hybridized carbons (Fsp3) is 0.333. The van der Waals surface area contributed by atoms with Crippen molar-refractivity contribution >= 4 is 16.6 Å². The number of fused-ring (bicyclic) bond motifs is 1. The molecule has 0 aliphatic heterocycles. The van der Waals surface area contributed by atoms with E-state index in [2.05, 4.69) is 16.8 Å². The molecular formula is C12H15N3O2. The minimum atomic E-state index is -0.374. The zero-order valence-electron chi connectivity index (χ0n) is 10.1. The highest BCUT2D eigenvalue weighted by Crippen LogP contribution is 2.25. The van der Waals surface area contributed by atoms with Crippen LogP contribution in [0.4, 0.5) is 5.69 Å². The van der Waals surface area contributed by atoms with Crippen LogP contribution in [0.15, 0.2) is 24.3 Å². The molecule has 90 valence electrons. The van der Waals surface area contributed by atoms with Gasteiger partial charge in [0, 0.05) is 34.8 Å². The molecule has 0 aliphatic rings. The molecule has 0 fully saturated rings. The van der Waals surface area contributed by atoms with Crippen LogP contribution in [0.2, 0.25) is 0 Å². The molecule has 1 aromatic carbocycles. The molecule has 5 heteroatoms. The van der Waals surface area contributed by atoms with E-state index in [4.69, 9.17) is 0 Å². The molecule has 1 heterocycles. The predicted molar refractivity (Wildman–Crippen MR) is 67.1 cm³/mol. The van der Waals surface area contributed by atoms with Gasteiger partial charge in [0.15, 0.2) is 0 Å². The predicted octanol–water partition coefficient (Wildman–Crippen LogP) is 2.70. The van der Waals surface area contributed by atoms with E-state index in [1.807, 2.05) is 20.2 Å². The highest BCUT2D eigenvalue weighted by Gasteiger charge is 2.13. The molecule has 1 aromatic heterocycles. The summed E-state index contributed by atoms with van der Waals surface area (Å²) in [5.74, 6) is 0. The lowest BCUT2D eigenvalue weighted by Crippen LogP contribution is -2.16. The van der Waals surface area contributed by atoms with Gasteiger partial charge >= 0.3 is 0 Å². The number of rotatable bonds is 3. The summed E-state index contributed by atoms with van der Waals surface area (Å²) in [4.78, 5) is 15.7. The average molecular weight is 233 g/mol. The summed E-state index contributed by atoms with van der Waals surface area (Å²) in [5.41, 5.74) is 2.12. The number of benzene rings is 1. The summed E-state index contributed by atoms with van der Waals surface area (Å²) in [7, 11) is 4.00. The van der Waals surface area contributed by atoms with Gasteiger partial charge < -0.3 is 9.88 Å². The molecule has 0 saturated carbocycles. The molecule has 0 aliphatic carbocycles. The topological polar surface area (TPSA) is 62.2 Å². The average Bonchev–Trinajstić information content (AvgIpc) is 2.69. The second-order valence-corrected chi connectivity index (χ2v) is 4.39. The summed E-state index contributed by atoms with van der Waals surface area (Å²) in [6.45, 7) is 2.08. The van der Waals surface area contributed by atoms with Crippen LogP contribution >= 0.6 is 0 Å². The summed E-state index contributed by atoms with van der Waals surface area (Å²) in [6.07, 6.45) is 0. The van der Waals surface area contributed by atoms with Gasteiger partial charge in [-0.2, -0.15) is 0 Å². The second kappa shape index (κ2) is 4.18. The van der Waals surface area contributed by atoms with Gasteiger partial charge in [0.05, 0.1) is 4.92 Å². The summed E-state index contributed by atoms with van der Waals surface area (Å²) in [5, 5.41) is 11.6. The van der Waals surface area contributed by atoms with Crippen molar-refractivity contribution in [3.8, 4) is 0 Å². The first-order valence-electron chi connectivity index (χ1n) is 5.42. The minimum Gasteiger partial charge on any atom is -0.357 e. The Labute approximate surface area is 99.2 Å². The first-order valence-corrected chi connectivity index (χ1v) is 5.42. The second-order valence-electron chi connectivity index (χ2n) is 4.39. The number of nitrogens with one attached hydrogen (secondary N) is 1. The molecule has 17 heavy (non-hydrogen) atoms. The Balaban J connectivity index is 2.47. The summed E-state index contributed by atoms with van der Waals surface area (Å²) < 4.78 is 0. The van der Waals surface area contributed by atoms with Crippen LogP contribution in [0.3, 0.4) is 0 Å². The largest absolute Gasteiger partial charge is 0.357 e. The van der Waals surface area contributed by atoms with E-state index < -0.39 is 0 Å². The van der Waals surface area contributed by atoms with Crippen LogP contribution in [0.25, 0.3) is 10.9 Å². The van der Waals surface area contributed by atoms with Crippen LogP contribution in [-0.4, -0.2) is 28.9 Å². The number of H-pyrrole nitrogens is 1. The van der Waals surface area contributed by atoms with E-state index in [1.165, 1.54) is 6.07 Å². The fourth-order valence-corrected chi connectivity index (χ4v) is 1.76. The molecule has 0 amide bonds. The number of hydrogen-bond donors (Lipinski definition) is 1. The van der Waals surface area contributed by atoms with Gasteiger partial charge in [-0.1, -0.05) is 0 Å². The van der Waals surface area contributed by atoms with Gasteiger partial charge in [-0.15, -0.1) is 0 Å². The van der Waals surface area contributed by atoms with E-state index in [9.17, 15) is 10.1 Å². The summed E-state index contributed by atoms with van der Waals surface area (Å²) in [6, 6.07) is 7.08. The van der Waals surface area contributed by atoms with Crippen LogP contribution < -0.4 is 0 Å².